The third-order valence-electron chi connectivity index (χ3n) is 1.99. The van der Waals surface area contributed by atoms with Crippen molar-refractivity contribution in [2.24, 2.45) is 0 Å². The van der Waals surface area contributed by atoms with E-state index in [0.717, 1.165) is 6.54 Å². The Labute approximate surface area is 67.5 Å². The molecule has 0 radical (unpaired) electrons. The van der Waals surface area contributed by atoms with Gasteiger partial charge in [0.05, 0.1) is 18.7 Å². The molecule has 0 amide bonds. The van der Waals surface area contributed by atoms with Crippen molar-refractivity contribution >= 4 is 0 Å². The maximum absolute atomic E-state index is 8.53. The zero-order valence-electron chi connectivity index (χ0n) is 6.99. The van der Waals surface area contributed by atoms with E-state index in [1.54, 1.807) is 0 Å². The molecule has 0 saturated carbocycles. The first-order valence-electron chi connectivity index (χ1n) is 3.71. The van der Waals surface area contributed by atoms with E-state index in [1.165, 1.54) is 0 Å². The second kappa shape index (κ2) is 3.40. The van der Waals surface area contributed by atoms with Crippen LogP contribution in [0.5, 0.6) is 0 Å². The van der Waals surface area contributed by atoms with Crippen molar-refractivity contribution < 1.29 is 0 Å². The summed E-state index contributed by atoms with van der Waals surface area (Å²) < 4.78 is 0. The molecule has 1 aliphatic rings. The average molecular weight is 151 g/mol. The Morgan fingerprint density at radius 3 is 2.91 bits per heavy atom. The van der Waals surface area contributed by atoms with Gasteiger partial charge in [-0.15, -0.1) is 0 Å². The van der Waals surface area contributed by atoms with E-state index in [1.807, 2.05) is 20.3 Å². The second-order valence-corrected chi connectivity index (χ2v) is 2.83. The third-order valence-corrected chi connectivity index (χ3v) is 1.99. The van der Waals surface area contributed by atoms with Gasteiger partial charge < -0.3 is 4.90 Å². The lowest BCUT2D eigenvalue weighted by molar-refractivity contribution is 0.122. The second-order valence-electron chi connectivity index (χ2n) is 2.83. The molecule has 1 rings (SSSR count). The summed E-state index contributed by atoms with van der Waals surface area (Å²) in [5.41, 5.74) is 0. The quantitative estimate of drug-likeness (QED) is 0.550. The van der Waals surface area contributed by atoms with Crippen LogP contribution in [0.4, 0.5) is 0 Å². The lowest BCUT2D eigenvalue weighted by Crippen LogP contribution is -2.44. The minimum atomic E-state index is 0.255. The number of likely N-dealkylation sites (N-methyl/N-ethyl adjacent to an activating group) is 1. The largest absolute Gasteiger partial charge is 0.364 e. The normalized spacial score (nSPS) is 25.2. The molecule has 0 fully saturated rings. The van der Waals surface area contributed by atoms with Gasteiger partial charge in [-0.1, -0.05) is 6.08 Å². The summed E-state index contributed by atoms with van der Waals surface area (Å²) in [6.07, 6.45) is 4.94. The predicted molar refractivity (Wildman–Crippen MR) is 43.6 cm³/mol. The number of hydrogen-bond donors (Lipinski definition) is 0. The zero-order chi connectivity index (χ0) is 8.27. The van der Waals surface area contributed by atoms with Crippen LogP contribution < -0.4 is 0 Å². The summed E-state index contributed by atoms with van der Waals surface area (Å²) in [6, 6.07) is 2.18. The van der Waals surface area contributed by atoms with Gasteiger partial charge in [0.25, 0.3) is 0 Å². The van der Waals surface area contributed by atoms with E-state index in [9.17, 15) is 0 Å². The van der Waals surface area contributed by atoms with Crippen LogP contribution in [0.2, 0.25) is 0 Å². The topological polar surface area (TPSA) is 30.3 Å². The molecule has 0 aromatic carbocycles. The van der Waals surface area contributed by atoms with E-state index in [2.05, 4.69) is 21.9 Å². The Hall–Kier alpha value is -1.01. The molecule has 0 saturated heterocycles. The van der Waals surface area contributed by atoms with Crippen molar-refractivity contribution in [3.8, 4) is 6.07 Å². The van der Waals surface area contributed by atoms with E-state index in [-0.39, 0.29) is 6.17 Å². The third kappa shape index (κ3) is 1.72. The molecule has 1 heterocycles. The predicted octanol–water partition coefficient (Wildman–Crippen LogP) is 0.617. The Balaban J connectivity index is 2.60. The summed E-state index contributed by atoms with van der Waals surface area (Å²) in [5, 5.41) is 8.53. The zero-order valence-corrected chi connectivity index (χ0v) is 6.99. The molecule has 11 heavy (non-hydrogen) atoms. The lowest BCUT2D eigenvalue weighted by Gasteiger charge is -2.35. The van der Waals surface area contributed by atoms with Gasteiger partial charge in [-0.3, -0.25) is 4.90 Å². The van der Waals surface area contributed by atoms with Crippen molar-refractivity contribution in [3.63, 3.8) is 0 Å². The summed E-state index contributed by atoms with van der Waals surface area (Å²) >= 11 is 0. The van der Waals surface area contributed by atoms with Crippen molar-refractivity contribution in [1.29, 1.82) is 5.26 Å². The van der Waals surface area contributed by atoms with Crippen LogP contribution in [-0.4, -0.2) is 36.6 Å². The Morgan fingerprint density at radius 1 is 1.64 bits per heavy atom. The minimum Gasteiger partial charge on any atom is -0.364 e. The molecule has 3 nitrogen and oxygen atoms in total. The van der Waals surface area contributed by atoms with Crippen LogP contribution in [0.1, 0.15) is 6.42 Å². The summed E-state index contributed by atoms with van der Waals surface area (Å²) in [4.78, 5) is 4.22. The Morgan fingerprint density at radius 2 is 2.36 bits per heavy atom. The first kappa shape index (κ1) is 8.09. The van der Waals surface area contributed by atoms with E-state index in [0.29, 0.717) is 6.42 Å². The van der Waals surface area contributed by atoms with Gasteiger partial charge in [0.1, 0.15) is 0 Å². The fraction of sp³-hybridized carbons (Fsp3) is 0.625. The molecule has 1 aliphatic heterocycles. The lowest BCUT2D eigenvalue weighted by atomic mass is 10.2. The van der Waals surface area contributed by atoms with Crippen molar-refractivity contribution in [1.82, 2.24) is 9.80 Å². The molecule has 1 atom stereocenters. The molecule has 0 spiro atoms. The molecule has 0 bridgehead atoms. The molecule has 0 aliphatic carbocycles. The average Bonchev–Trinajstić information content (AvgIpc) is 1.97. The van der Waals surface area contributed by atoms with E-state index in [4.69, 9.17) is 5.26 Å². The molecule has 1 unspecified atom stereocenters. The van der Waals surface area contributed by atoms with Gasteiger partial charge in [-0.25, -0.2) is 0 Å². The van der Waals surface area contributed by atoms with Crippen LogP contribution in [0.25, 0.3) is 0 Å². The summed E-state index contributed by atoms with van der Waals surface area (Å²) in [5.74, 6) is 0. The van der Waals surface area contributed by atoms with Crippen LogP contribution in [0.3, 0.4) is 0 Å². The molecular formula is C8H13N3. The highest BCUT2D eigenvalue weighted by atomic mass is 15.3. The number of rotatable bonds is 1. The van der Waals surface area contributed by atoms with E-state index >= 15 is 0 Å². The van der Waals surface area contributed by atoms with Crippen molar-refractivity contribution in [3.05, 3.63) is 12.3 Å². The Kier molecular flexibility index (Phi) is 2.50. The SMILES string of the molecule is CN1C=CCN(C)C1CC#N. The van der Waals surface area contributed by atoms with Gasteiger partial charge in [0, 0.05) is 13.6 Å². The van der Waals surface area contributed by atoms with Gasteiger partial charge in [-0.2, -0.15) is 5.26 Å². The smallest absolute Gasteiger partial charge is 0.0944 e. The maximum Gasteiger partial charge on any atom is 0.0944 e. The van der Waals surface area contributed by atoms with Gasteiger partial charge in [-0.05, 0) is 13.2 Å². The van der Waals surface area contributed by atoms with Crippen LogP contribution in [-0.2, 0) is 0 Å². The standard InChI is InChI=1S/C8H13N3/c1-10-6-3-7-11(2)8(10)4-5-9/h3,6,8H,4,7H2,1-2H3. The first-order valence-corrected chi connectivity index (χ1v) is 3.71. The summed E-state index contributed by atoms with van der Waals surface area (Å²) in [6.45, 7) is 0.941. The number of nitrogens with zero attached hydrogens (tertiary/aromatic N) is 3. The highest BCUT2D eigenvalue weighted by Crippen LogP contribution is 2.10. The van der Waals surface area contributed by atoms with Gasteiger partial charge in [0.2, 0.25) is 0 Å². The van der Waals surface area contributed by atoms with Crippen LogP contribution >= 0.6 is 0 Å². The van der Waals surface area contributed by atoms with Crippen molar-refractivity contribution in [2.45, 2.75) is 12.6 Å². The van der Waals surface area contributed by atoms with Gasteiger partial charge >= 0.3 is 0 Å². The molecule has 0 aromatic rings. The van der Waals surface area contributed by atoms with Crippen LogP contribution in [0.15, 0.2) is 12.3 Å². The molecule has 0 aromatic heterocycles. The number of nitriles is 1. The monoisotopic (exact) mass is 151 g/mol. The molecule has 3 heteroatoms. The van der Waals surface area contributed by atoms with Crippen molar-refractivity contribution in [2.75, 3.05) is 20.6 Å². The van der Waals surface area contributed by atoms with E-state index < -0.39 is 0 Å². The van der Waals surface area contributed by atoms with Gasteiger partial charge in [0.15, 0.2) is 0 Å². The fourth-order valence-electron chi connectivity index (χ4n) is 1.29. The highest BCUT2D eigenvalue weighted by molar-refractivity contribution is 4.95. The Bertz CT molecular complexity index is 192. The maximum atomic E-state index is 8.53. The highest BCUT2D eigenvalue weighted by Gasteiger charge is 2.18. The molecule has 60 valence electrons. The first-order chi connectivity index (χ1) is 5.25. The molecular weight excluding hydrogens is 138 g/mol. The fourth-order valence-corrected chi connectivity index (χ4v) is 1.29. The summed E-state index contributed by atoms with van der Waals surface area (Å²) in [7, 11) is 4.02. The van der Waals surface area contributed by atoms with Crippen LogP contribution in [0, 0.1) is 11.3 Å². The minimum absolute atomic E-state index is 0.255. The molecule has 0 N–H and O–H groups in total. The number of hydrogen-bond acceptors (Lipinski definition) is 3.